The van der Waals surface area contributed by atoms with Gasteiger partial charge in [0.1, 0.15) is 6.10 Å². The lowest BCUT2D eigenvalue weighted by Gasteiger charge is -2.64. The van der Waals surface area contributed by atoms with Crippen molar-refractivity contribution in [3.05, 3.63) is 0 Å². The molecular formula is C35H57NO7. The summed E-state index contributed by atoms with van der Waals surface area (Å²) in [5, 5.41) is 3.05. The van der Waals surface area contributed by atoms with Crippen molar-refractivity contribution in [3.8, 4) is 0 Å². The van der Waals surface area contributed by atoms with Crippen LogP contribution in [0.25, 0.3) is 0 Å². The number of esters is 1. The van der Waals surface area contributed by atoms with Crippen LogP contribution in [0.2, 0.25) is 0 Å². The molecule has 1 amide bonds. The van der Waals surface area contributed by atoms with Gasteiger partial charge in [-0.25, -0.2) is 0 Å². The van der Waals surface area contributed by atoms with E-state index >= 15 is 0 Å². The lowest BCUT2D eigenvalue weighted by atomic mass is 9.43. The zero-order chi connectivity index (χ0) is 30.5. The predicted octanol–water partition coefficient (Wildman–Crippen LogP) is 7.40. The predicted molar refractivity (Wildman–Crippen MR) is 161 cm³/mol. The maximum absolute atomic E-state index is 12.5. The first-order valence-corrected chi connectivity index (χ1v) is 17.7. The molecule has 0 aromatic rings. The third-order valence-electron chi connectivity index (χ3n) is 13.4. The van der Waals surface area contributed by atoms with Crippen LogP contribution < -0.4 is 5.32 Å². The highest BCUT2D eigenvalue weighted by Gasteiger charge is 2.66. The van der Waals surface area contributed by atoms with E-state index in [2.05, 4.69) is 33.0 Å². The van der Waals surface area contributed by atoms with Crippen LogP contribution in [0.4, 0.5) is 0 Å². The third-order valence-corrected chi connectivity index (χ3v) is 13.4. The van der Waals surface area contributed by atoms with Crippen LogP contribution in [-0.2, 0) is 33.9 Å². The number of amides is 1. The van der Waals surface area contributed by atoms with Crippen LogP contribution >= 0.6 is 0 Å². The highest BCUT2D eigenvalue weighted by Crippen LogP contribution is 2.69. The highest BCUT2D eigenvalue weighted by molar-refractivity contribution is 5.75. The lowest BCUT2D eigenvalue weighted by molar-refractivity contribution is -0.665. The molecule has 0 bridgehead atoms. The molecule has 6 aliphatic rings. The number of hydrogen-bond donors (Lipinski definition) is 1. The average Bonchev–Trinajstić information content (AvgIpc) is 3.35. The number of carbonyl (C=O) groups is 2. The first-order valence-electron chi connectivity index (χ1n) is 17.7. The number of nitrogens with one attached hydrogen (secondary N) is 1. The molecule has 5 aliphatic carbocycles. The Morgan fingerprint density at radius 3 is 2.28 bits per heavy atom. The molecular weight excluding hydrogens is 546 g/mol. The summed E-state index contributed by atoms with van der Waals surface area (Å²) in [5.41, 5.74) is 0.338. The van der Waals surface area contributed by atoms with Gasteiger partial charge in [-0.15, -0.1) is 0 Å². The molecule has 244 valence electrons. The fourth-order valence-electron chi connectivity index (χ4n) is 11.1. The highest BCUT2D eigenvalue weighted by atomic mass is 17.4. The summed E-state index contributed by atoms with van der Waals surface area (Å²) in [5.74, 6) is 1.15. The molecule has 1 heterocycles. The minimum atomic E-state index is -0.888. The van der Waals surface area contributed by atoms with Crippen LogP contribution in [0.3, 0.4) is 0 Å². The summed E-state index contributed by atoms with van der Waals surface area (Å²) >= 11 is 0. The Labute approximate surface area is 258 Å². The van der Waals surface area contributed by atoms with Gasteiger partial charge in [-0.1, -0.05) is 34.1 Å². The quantitative estimate of drug-likeness (QED) is 0.239. The number of hydrogen-bond acceptors (Lipinski definition) is 7. The van der Waals surface area contributed by atoms with Crippen LogP contribution in [0, 0.1) is 46.3 Å². The molecule has 0 radical (unpaired) electrons. The zero-order valence-corrected chi connectivity index (χ0v) is 27.4. The van der Waals surface area contributed by atoms with Crippen molar-refractivity contribution in [2.45, 2.75) is 155 Å². The summed E-state index contributed by atoms with van der Waals surface area (Å²) in [6.45, 7) is 11.8. The number of ether oxygens (including phenoxy) is 1. The van der Waals surface area contributed by atoms with Gasteiger partial charge in [0.05, 0.1) is 0 Å². The van der Waals surface area contributed by atoms with E-state index in [0.29, 0.717) is 48.3 Å². The topological polar surface area (TPSA) is 92.3 Å². The van der Waals surface area contributed by atoms with E-state index in [1.54, 1.807) is 6.92 Å². The van der Waals surface area contributed by atoms with E-state index in [4.69, 9.17) is 24.3 Å². The number of carbonyl (C=O) groups excluding carboxylic acids is 2. The molecule has 0 unspecified atom stereocenters. The second-order valence-electron chi connectivity index (χ2n) is 15.9. The van der Waals surface area contributed by atoms with Crippen molar-refractivity contribution in [2.75, 3.05) is 6.54 Å². The van der Waals surface area contributed by atoms with E-state index in [-0.39, 0.29) is 28.8 Å². The molecule has 0 aromatic carbocycles. The number of fused-ring (bicyclic) bond motifs is 5. The zero-order valence-electron chi connectivity index (χ0n) is 27.4. The van der Waals surface area contributed by atoms with Gasteiger partial charge in [-0.3, -0.25) is 9.59 Å². The van der Waals surface area contributed by atoms with Crippen molar-refractivity contribution in [1.29, 1.82) is 0 Å². The minimum Gasteiger partial charge on any atom is -0.462 e. The molecule has 6 fully saturated rings. The standard InChI is InChI=1S/C35H57NO7/c1-6-20-36-30(38)13-10-23(2)26-11-12-27-31-28(14-17-33(26,27)5)32(4)18-19-35(22-25(32)21-29(31)39-24(3)37)42-40-34(41-43-35)15-8-7-9-16-34/h23,25-29,31H,6-22H2,1-5H3,(H,36,38)/t23-,25-,26-,27+,28+,29-,31+,32+,33-/m1/s1. The maximum atomic E-state index is 12.5. The van der Waals surface area contributed by atoms with Crippen LogP contribution in [0.5, 0.6) is 0 Å². The van der Waals surface area contributed by atoms with Crippen molar-refractivity contribution in [2.24, 2.45) is 46.3 Å². The molecule has 1 saturated heterocycles. The summed E-state index contributed by atoms with van der Waals surface area (Å²) in [6, 6.07) is 0. The van der Waals surface area contributed by atoms with E-state index in [1.165, 1.54) is 25.7 Å². The third kappa shape index (κ3) is 5.81. The summed E-state index contributed by atoms with van der Waals surface area (Å²) in [6.07, 6.45) is 15.4. The fraction of sp³-hybridized carbons (Fsp3) is 0.943. The van der Waals surface area contributed by atoms with Gasteiger partial charge in [-0.05, 0) is 105 Å². The van der Waals surface area contributed by atoms with Gasteiger partial charge in [0, 0.05) is 51.5 Å². The monoisotopic (exact) mass is 603 g/mol. The van der Waals surface area contributed by atoms with Gasteiger partial charge in [0.15, 0.2) is 0 Å². The van der Waals surface area contributed by atoms with E-state index in [1.807, 2.05) is 0 Å². The van der Waals surface area contributed by atoms with Crippen LogP contribution in [0.15, 0.2) is 0 Å². The van der Waals surface area contributed by atoms with E-state index in [9.17, 15) is 9.59 Å². The van der Waals surface area contributed by atoms with E-state index in [0.717, 1.165) is 70.8 Å². The first kappa shape index (κ1) is 31.7. The van der Waals surface area contributed by atoms with E-state index < -0.39 is 11.6 Å². The van der Waals surface area contributed by atoms with Gasteiger partial charge in [0.2, 0.25) is 17.5 Å². The van der Waals surface area contributed by atoms with Crippen molar-refractivity contribution in [1.82, 2.24) is 5.32 Å². The Balaban J connectivity index is 1.17. The normalized spacial score (nSPS) is 42.0. The molecule has 8 heteroatoms. The molecule has 8 nitrogen and oxygen atoms in total. The SMILES string of the molecule is CCCNC(=O)CC[C@@H](C)[C@H]1CC[C@H]2[C@@H]3[C@H](OC(C)=O)C[C@@H]4CC5(CC[C@]4(C)[C@H]3CC[C@]12C)OOC1(CCCCC1)OO5. The smallest absolute Gasteiger partial charge is 0.302 e. The van der Waals surface area contributed by atoms with Gasteiger partial charge in [-0.2, -0.15) is 19.6 Å². The molecule has 43 heavy (non-hydrogen) atoms. The Hall–Kier alpha value is -1.22. The Morgan fingerprint density at radius 1 is 0.884 bits per heavy atom. The van der Waals surface area contributed by atoms with Crippen molar-refractivity contribution in [3.63, 3.8) is 0 Å². The summed E-state index contributed by atoms with van der Waals surface area (Å²) in [4.78, 5) is 49.2. The number of rotatable bonds is 7. The molecule has 1 N–H and O–H groups in total. The Bertz CT molecular complexity index is 1020. The maximum Gasteiger partial charge on any atom is 0.302 e. The fourth-order valence-corrected chi connectivity index (χ4v) is 11.1. The molecule has 0 aromatic heterocycles. The van der Waals surface area contributed by atoms with Gasteiger partial charge < -0.3 is 10.1 Å². The van der Waals surface area contributed by atoms with Crippen molar-refractivity contribution >= 4 is 11.9 Å². The Kier molecular flexibility index (Phi) is 9.00. The lowest BCUT2D eigenvalue weighted by Crippen LogP contribution is -2.62. The summed E-state index contributed by atoms with van der Waals surface area (Å²) in [7, 11) is 0. The van der Waals surface area contributed by atoms with Gasteiger partial charge in [0.25, 0.3) is 0 Å². The van der Waals surface area contributed by atoms with Gasteiger partial charge >= 0.3 is 5.97 Å². The molecule has 6 rings (SSSR count). The van der Waals surface area contributed by atoms with Crippen molar-refractivity contribution < 1.29 is 33.9 Å². The second-order valence-corrected chi connectivity index (χ2v) is 15.9. The Morgan fingerprint density at radius 2 is 1.58 bits per heavy atom. The first-order chi connectivity index (χ1) is 20.5. The minimum absolute atomic E-state index is 0.0932. The second kappa shape index (κ2) is 12.2. The molecule has 2 spiro atoms. The molecule has 9 atom stereocenters. The molecule has 1 aliphatic heterocycles. The van der Waals surface area contributed by atoms with Crippen LogP contribution in [0.1, 0.15) is 137 Å². The summed E-state index contributed by atoms with van der Waals surface area (Å²) < 4.78 is 6.25. The largest absolute Gasteiger partial charge is 0.462 e. The average molecular weight is 604 g/mol. The molecule has 5 saturated carbocycles. The van der Waals surface area contributed by atoms with Crippen LogP contribution in [-0.4, -0.2) is 36.1 Å².